The van der Waals surface area contributed by atoms with E-state index in [0.29, 0.717) is 19.3 Å². The number of hydrogen-bond acceptors (Lipinski definition) is 6. The fourth-order valence-corrected chi connectivity index (χ4v) is 7.28. The molecule has 0 bridgehead atoms. The zero-order valence-corrected chi connectivity index (χ0v) is 40.4. The van der Waals surface area contributed by atoms with Crippen molar-refractivity contribution in [2.45, 2.75) is 271 Å². The summed E-state index contributed by atoms with van der Waals surface area (Å²) in [6, 6.07) is 0. The fraction of sp³-hybridized carbons (Fsp3) is 0.800. The molecule has 0 spiro atoms. The second-order valence-electron chi connectivity index (χ2n) is 17.4. The Morgan fingerprint density at radius 3 is 0.951 bits per heavy atom. The largest absolute Gasteiger partial charge is 0.462 e. The molecule has 0 N–H and O–H groups in total. The molecule has 0 fully saturated rings. The monoisotopic (exact) mass is 855 g/mol. The minimum atomic E-state index is -0.782. The van der Waals surface area contributed by atoms with E-state index in [2.05, 4.69) is 69.4 Å². The number of allylic oxidation sites excluding steroid dienone is 8. The van der Waals surface area contributed by atoms with Gasteiger partial charge in [0.25, 0.3) is 0 Å². The van der Waals surface area contributed by atoms with Gasteiger partial charge in [-0.2, -0.15) is 0 Å². The van der Waals surface area contributed by atoms with Gasteiger partial charge in [-0.25, -0.2) is 0 Å². The Morgan fingerprint density at radius 2 is 0.590 bits per heavy atom. The summed E-state index contributed by atoms with van der Waals surface area (Å²) in [7, 11) is 0. The first-order valence-electron chi connectivity index (χ1n) is 26.1. The zero-order valence-electron chi connectivity index (χ0n) is 40.4. The van der Waals surface area contributed by atoms with E-state index >= 15 is 0 Å². The van der Waals surface area contributed by atoms with Crippen LogP contribution in [0.5, 0.6) is 0 Å². The number of hydrogen-bond donors (Lipinski definition) is 0. The van der Waals surface area contributed by atoms with Crippen molar-refractivity contribution in [3.63, 3.8) is 0 Å². The highest BCUT2D eigenvalue weighted by atomic mass is 16.6. The molecule has 0 aliphatic carbocycles. The van der Waals surface area contributed by atoms with Crippen molar-refractivity contribution >= 4 is 17.9 Å². The molecule has 6 nitrogen and oxygen atoms in total. The van der Waals surface area contributed by atoms with Gasteiger partial charge >= 0.3 is 17.9 Å². The van der Waals surface area contributed by atoms with Crippen LogP contribution in [0, 0.1) is 0 Å². The van der Waals surface area contributed by atoms with Crippen LogP contribution in [0.4, 0.5) is 0 Å². The predicted molar refractivity (Wildman–Crippen MR) is 261 cm³/mol. The van der Waals surface area contributed by atoms with Gasteiger partial charge in [-0.1, -0.05) is 191 Å². The van der Waals surface area contributed by atoms with E-state index in [1.54, 1.807) is 0 Å². The highest BCUT2D eigenvalue weighted by Crippen LogP contribution is 2.14. The van der Waals surface area contributed by atoms with Crippen molar-refractivity contribution in [2.24, 2.45) is 0 Å². The maximum atomic E-state index is 12.8. The first-order chi connectivity index (χ1) is 30.0. The van der Waals surface area contributed by atoms with Crippen LogP contribution in [0.2, 0.25) is 0 Å². The number of carbonyl (C=O) groups excluding carboxylic acids is 3. The molecule has 0 saturated carbocycles. The average molecular weight is 855 g/mol. The summed E-state index contributed by atoms with van der Waals surface area (Å²) in [5, 5.41) is 0. The van der Waals surface area contributed by atoms with E-state index in [4.69, 9.17) is 14.2 Å². The maximum Gasteiger partial charge on any atom is 0.306 e. The lowest BCUT2D eigenvalue weighted by Crippen LogP contribution is -2.30. The smallest absolute Gasteiger partial charge is 0.306 e. The van der Waals surface area contributed by atoms with Crippen molar-refractivity contribution < 1.29 is 28.6 Å². The average Bonchev–Trinajstić information content (AvgIpc) is 3.26. The van der Waals surface area contributed by atoms with Gasteiger partial charge < -0.3 is 14.2 Å². The minimum Gasteiger partial charge on any atom is -0.462 e. The third kappa shape index (κ3) is 48.3. The lowest BCUT2D eigenvalue weighted by atomic mass is 10.1. The number of unbranched alkanes of at least 4 members (excludes halogenated alkanes) is 28. The summed E-state index contributed by atoms with van der Waals surface area (Å²) in [6.45, 7) is 6.57. The molecular formula is C55H98O6. The molecule has 0 aliphatic heterocycles. The summed E-state index contributed by atoms with van der Waals surface area (Å²) in [5.41, 5.74) is 0. The molecule has 0 heterocycles. The number of esters is 3. The first kappa shape index (κ1) is 58.4. The summed E-state index contributed by atoms with van der Waals surface area (Å²) in [4.78, 5) is 38.0. The molecule has 0 unspecified atom stereocenters. The number of carbonyl (C=O) groups is 3. The molecule has 1 atom stereocenters. The van der Waals surface area contributed by atoms with E-state index in [-0.39, 0.29) is 31.1 Å². The SMILES string of the molecule is CCCCC/C=C/C/C=C/CCCCCCCCCC(=O)OC[C@@H](COC(=O)CCCCCCC/C=C/CCCCCC)OC(=O)CCCCCCC/C=C/CCCCCC. The molecule has 0 amide bonds. The van der Waals surface area contributed by atoms with Gasteiger partial charge in [0.15, 0.2) is 6.10 Å². The molecular weight excluding hydrogens is 757 g/mol. The van der Waals surface area contributed by atoms with Crippen LogP contribution in [0.3, 0.4) is 0 Å². The van der Waals surface area contributed by atoms with Gasteiger partial charge in [0.1, 0.15) is 13.2 Å². The van der Waals surface area contributed by atoms with Crippen LogP contribution < -0.4 is 0 Å². The topological polar surface area (TPSA) is 78.9 Å². The summed E-state index contributed by atoms with van der Waals surface area (Å²) >= 11 is 0. The minimum absolute atomic E-state index is 0.0825. The van der Waals surface area contributed by atoms with Crippen molar-refractivity contribution in [2.75, 3.05) is 13.2 Å². The second-order valence-corrected chi connectivity index (χ2v) is 17.4. The Hall–Kier alpha value is -2.63. The van der Waals surface area contributed by atoms with Crippen molar-refractivity contribution in [1.82, 2.24) is 0 Å². The van der Waals surface area contributed by atoms with Gasteiger partial charge in [-0.3, -0.25) is 14.4 Å². The van der Waals surface area contributed by atoms with Crippen LogP contribution in [0.25, 0.3) is 0 Å². The summed E-state index contributed by atoms with van der Waals surface area (Å²) < 4.78 is 16.8. The summed E-state index contributed by atoms with van der Waals surface area (Å²) in [5.74, 6) is -0.901. The molecule has 0 rings (SSSR count). The Balaban J connectivity index is 4.38. The quantitative estimate of drug-likeness (QED) is 0.0263. The molecule has 0 aromatic carbocycles. The first-order valence-corrected chi connectivity index (χ1v) is 26.1. The van der Waals surface area contributed by atoms with Gasteiger partial charge in [0.2, 0.25) is 0 Å². The molecule has 0 aliphatic rings. The Bertz CT molecular complexity index is 1070. The molecule has 61 heavy (non-hydrogen) atoms. The molecule has 0 saturated heterocycles. The highest BCUT2D eigenvalue weighted by Gasteiger charge is 2.19. The van der Waals surface area contributed by atoms with E-state index < -0.39 is 6.10 Å². The maximum absolute atomic E-state index is 12.8. The third-order valence-electron chi connectivity index (χ3n) is 11.3. The van der Waals surface area contributed by atoms with Gasteiger partial charge in [0, 0.05) is 19.3 Å². The lowest BCUT2D eigenvalue weighted by Gasteiger charge is -2.18. The van der Waals surface area contributed by atoms with Crippen molar-refractivity contribution in [1.29, 1.82) is 0 Å². The van der Waals surface area contributed by atoms with Gasteiger partial charge in [-0.05, 0) is 103 Å². The Labute approximate surface area is 378 Å². The predicted octanol–water partition coefficient (Wildman–Crippen LogP) is 17.1. The van der Waals surface area contributed by atoms with Crippen LogP contribution in [-0.4, -0.2) is 37.2 Å². The van der Waals surface area contributed by atoms with E-state index in [1.165, 1.54) is 135 Å². The molecule has 0 aromatic rings. The molecule has 0 radical (unpaired) electrons. The number of ether oxygens (including phenoxy) is 3. The second kappa shape index (κ2) is 50.0. The molecule has 6 heteroatoms. The Morgan fingerprint density at radius 1 is 0.328 bits per heavy atom. The number of rotatable bonds is 47. The van der Waals surface area contributed by atoms with Crippen LogP contribution in [-0.2, 0) is 28.6 Å². The van der Waals surface area contributed by atoms with Crippen molar-refractivity contribution in [3.05, 3.63) is 48.6 Å². The van der Waals surface area contributed by atoms with Crippen LogP contribution in [0.1, 0.15) is 265 Å². The fourth-order valence-electron chi connectivity index (χ4n) is 7.28. The normalized spacial score (nSPS) is 12.4. The zero-order chi connectivity index (χ0) is 44.4. The highest BCUT2D eigenvalue weighted by molar-refractivity contribution is 5.71. The molecule has 0 aromatic heterocycles. The van der Waals surface area contributed by atoms with E-state index in [0.717, 1.165) is 89.9 Å². The van der Waals surface area contributed by atoms with Crippen molar-refractivity contribution in [3.8, 4) is 0 Å². The third-order valence-corrected chi connectivity index (χ3v) is 11.3. The summed E-state index contributed by atoms with van der Waals surface area (Å²) in [6.07, 6.45) is 59.4. The van der Waals surface area contributed by atoms with E-state index in [1.807, 2.05) is 0 Å². The standard InChI is InChI=1S/C55H98O6/c1-4-7-10-13-16-19-22-25-26-27-28-31-33-36-39-42-45-48-54(57)60-51-52(61-55(58)49-46-43-40-37-34-30-24-21-18-15-12-9-6-3)50-59-53(56)47-44-41-38-35-32-29-23-20-17-14-11-8-5-2/h16,19-21,23-26,52H,4-15,17-18,22,27-51H2,1-3H3/b19-16+,23-20+,24-21+,26-25+/t52-/m1/s1. The van der Waals surface area contributed by atoms with Crippen LogP contribution in [0.15, 0.2) is 48.6 Å². The molecule has 354 valence electrons. The lowest BCUT2D eigenvalue weighted by molar-refractivity contribution is -0.167. The van der Waals surface area contributed by atoms with Gasteiger partial charge in [-0.15, -0.1) is 0 Å². The Kier molecular flexibility index (Phi) is 47.9. The van der Waals surface area contributed by atoms with Gasteiger partial charge in [0.05, 0.1) is 0 Å². The van der Waals surface area contributed by atoms with Crippen LogP contribution >= 0.6 is 0 Å². The van der Waals surface area contributed by atoms with E-state index in [9.17, 15) is 14.4 Å².